The molecule has 142 valence electrons. The van der Waals surface area contributed by atoms with Gasteiger partial charge in [0.2, 0.25) is 0 Å². The fourth-order valence-electron chi connectivity index (χ4n) is 3.16. The summed E-state index contributed by atoms with van der Waals surface area (Å²) in [5, 5.41) is 23.4. The van der Waals surface area contributed by atoms with Crippen LogP contribution >= 0.6 is 11.3 Å². The summed E-state index contributed by atoms with van der Waals surface area (Å²) in [6, 6.07) is 7.57. The summed E-state index contributed by atoms with van der Waals surface area (Å²) in [5.74, 6) is -1.38. The van der Waals surface area contributed by atoms with Crippen LogP contribution in [0.25, 0.3) is 6.08 Å². The molecular formula is C19H16N4O4S. The first-order valence-electron chi connectivity index (χ1n) is 8.53. The number of aryl methyl sites for hydroxylation is 1. The number of hydrogen-bond donors (Lipinski definition) is 2. The number of amides is 2. The van der Waals surface area contributed by atoms with Gasteiger partial charge in [-0.3, -0.25) is 19.7 Å². The molecular weight excluding hydrogens is 380 g/mol. The van der Waals surface area contributed by atoms with E-state index in [4.69, 9.17) is 5.73 Å². The second kappa shape index (κ2) is 8.02. The van der Waals surface area contributed by atoms with Crippen LogP contribution in [0.3, 0.4) is 0 Å². The smallest absolute Gasteiger partial charge is 0.276 e. The summed E-state index contributed by atoms with van der Waals surface area (Å²) < 4.78 is 0. The molecule has 8 nitrogen and oxygen atoms in total. The molecule has 0 saturated carbocycles. The molecule has 1 aromatic carbocycles. The molecule has 0 aliphatic heterocycles. The van der Waals surface area contributed by atoms with Crippen molar-refractivity contribution in [2.24, 2.45) is 5.73 Å². The lowest BCUT2D eigenvalue weighted by Crippen LogP contribution is -2.19. The normalized spacial score (nSPS) is 13.3. The van der Waals surface area contributed by atoms with Crippen LogP contribution in [0, 0.1) is 21.4 Å². The van der Waals surface area contributed by atoms with Crippen molar-refractivity contribution < 1.29 is 14.5 Å². The number of nitro groups is 1. The van der Waals surface area contributed by atoms with Crippen LogP contribution in [0.4, 0.5) is 10.7 Å². The minimum Gasteiger partial charge on any atom is -0.365 e. The quantitative estimate of drug-likeness (QED) is 0.346. The van der Waals surface area contributed by atoms with E-state index >= 15 is 0 Å². The largest absolute Gasteiger partial charge is 0.365 e. The summed E-state index contributed by atoms with van der Waals surface area (Å²) in [5.41, 5.74) is 6.27. The first-order chi connectivity index (χ1) is 13.4. The Bertz CT molecular complexity index is 1050. The second-order valence-electron chi connectivity index (χ2n) is 6.22. The molecule has 0 bridgehead atoms. The van der Waals surface area contributed by atoms with Crippen molar-refractivity contribution in [1.82, 2.24) is 0 Å². The predicted octanol–water partition coefficient (Wildman–Crippen LogP) is 3.18. The molecule has 1 heterocycles. The number of nitrogens with one attached hydrogen (secondary N) is 1. The Labute approximate surface area is 164 Å². The fraction of sp³-hybridized carbons (Fsp3) is 0.211. The highest BCUT2D eigenvalue weighted by atomic mass is 32.1. The highest BCUT2D eigenvalue weighted by Crippen LogP contribution is 2.38. The molecule has 2 amide bonds. The molecule has 0 radical (unpaired) electrons. The van der Waals surface area contributed by atoms with E-state index in [0.29, 0.717) is 5.00 Å². The number of rotatable bonds is 5. The third-order valence-electron chi connectivity index (χ3n) is 4.44. The van der Waals surface area contributed by atoms with Gasteiger partial charge in [0, 0.05) is 10.9 Å². The highest BCUT2D eigenvalue weighted by Gasteiger charge is 2.26. The molecule has 0 atom stereocenters. The number of carbonyl (C=O) groups excluding carboxylic acids is 2. The van der Waals surface area contributed by atoms with Crippen molar-refractivity contribution in [3.05, 3.63) is 61.5 Å². The Morgan fingerprint density at radius 1 is 1.29 bits per heavy atom. The number of nitriles is 1. The van der Waals surface area contributed by atoms with Gasteiger partial charge in [-0.25, -0.2) is 0 Å². The maximum atomic E-state index is 12.6. The van der Waals surface area contributed by atoms with Crippen molar-refractivity contribution in [3.63, 3.8) is 0 Å². The molecule has 3 rings (SSSR count). The average molecular weight is 396 g/mol. The van der Waals surface area contributed by atoms with Crippen LogP contribution in [0.2, 0.25) is 0 Å². The Morgan fingerprint density at radius 2 is 2.00 bits per heavy atom. The lowest BCUT2D eigenvalue weighted by Gasteiger charge is -2.11. The van der Waals surface area contributed by atoms with Gasteiger partial charge in [0.1, 0.15) is 16.6 Å². The minimum atomic E-state index is -0.748. The maximum Gasteiger partial charge on any atom is 0.276 e. The van der Waals surface area contributed by atoms with E-state index in [1.54, 1.807) is 12.1 Å². The summed E-state index contributed by atoms with van der Waals surface area (Å²) in [4.78, 5) is 36.1. The number of primary amides is 1. The van der Waals surface area contributed by atoms with Crippen molar-refractivity contribution >= 4 is 39.9 Å². The second-order valence-corrected chi connectivity index (χ2v) is 7.32. The number of anilines is 1. The number of fused-ring (bicyclic) bond motifs is 1. The van der Waals surface area contributed by atoms with E-state index in [1.165, 1.54) is 29.5 Å². The number of nitro benzene ring substituents is 1. The number of para-hydroxylation sites is 1. The molecule has 0 unspecified atom stereocenters. The Kier molecular flexibility index (Phi) is 5.52. The van der Waals surface area contributed by atoms with E-state index in [1.807, 2.05) is 0 Å². The summed E-state index contributed by atoms with van der Waals surface area (Å²) >= 11 is 1.28. The molecule has 0 spiro atoms. The number of nitrogens with two attached hydrogens (primary N) is 1. The number of benzene rings is 1. The van der Waals surface area contributed by atoms with Crippen molar-refractivity contribution in [1.29, 1.82) is 5.26 Å². The molecule has 0 fully saturated rings. The fourth-order valence-corrected chi connectivity index (χ4v) is 4.45. The zero-order valence-electron chi connectivity index (χ0n) is 14.7. The van der Waals surface area contributed by atoms with Crippen molar-refractivity contribution in [3.8, 4) is 6.07 Å². The van der Waals surface area contributed by atoms with Gasteiger partial charge in [-0.1, -0.05) is 12.1 Å². The van der Waals surface area contributed by atoms with E-state index in [0.717, 1.165) is 42.2 Å². The lowest BCUT2D eigenvalue weighted by molar-refractivity contribution is -0.385. The average Bonchev–Trinajstić information content (AvgIpc) is 3.04. The molecule has 1 aliphatic rings. The first kappa shape index (κ1) is 19.3. The van der Waals surface area contributed by atoms with Crippen LogP contribution in [0.5, 0.6) is 0 Å². The van der Waals surface area contributed by atoms with Gasteiger partial charge < -0.3 is 11.1 Å². The molecule has 28 heavy (non-hydrogen) atoms. The van der Waals surface area contributed by atoms with Gasteiger partial charge in [-0.05, 0) is 43.4 Å². The minimum absolute atomic E-state index is 0.139. The molecule has 3 N–H and O–H groups in total. The van der Waals surface area contributed by atoms with E-state index in [9.17, 15) is 25.0 Å². The third kappa shape index (κ3) is 3.77. The number of hydrogen-bond acceptors (Lipinski definition) is 6. The molecule has 1 aliphatic carbocycles. The Hall–Kier alpha value is -3.51. The van der Waals surface area contributed by atoms with Gasteiger partial charge in [-0.2, -0.15) is 5.26 Å². The van der Waals surface area contributed by atoms with Crippen LogP contribution in [0.1, 0.15) is 39.2 Å². The number of nitrogens with zero attached hydrogens (tertiary/aromatic N) is 2. The molecule has 9 heteroatoms. The summed E-state index contributed by atoms with van der Waals surface area (Å²) in [7, 11) is 0. The van der Waals surface area contributed by atoms with E-state index in [2.05, 4.69) is 5.32 Å². The predicted molar refractivity (Wildman–Crippen MR) is 105 cm³/mol. The SMILES string of the molecule is N#C/C(=C\c1ccccc1[N+](=O)[O-])C(=O)Nc1sc2c(c1C(N)=O)CCCC2. The monoisotopic (exact) mass is 396 g/mol. The van der Waals surface area contributed by atoms with E-state index < -0.39 is 16.7 Å². The molecule has 0 saturated heterocycles. The number of carbonyl (C=O) groups is 2. The van der Waals surface area contributed by atoms with Crippen molar-refractivity contribution in [2.45, 2.75) is 25.7 Å². The molecule has 2 aromatic rings. The van der Waals surface area contributed by atoms with Crippen LogP contribution < -0.4 is 11.1 Å². The maximum absolute atomic E-state index is 12.6. The van der Waals surface area contributed by atoms with Crippen LogP contribution in [-0.2, 0) is 17.6 Å². The lowest BCUT2D eigenvalue weighted by atomic mass is 9.95. The Morgan fingerprint density at radius 3 is 2.68 bits per heavy atom. The van der Waals surface area contributed by atoms with Gasteiger partial charge in [0.05, 0.1) is 16.1 Å². The molecule has 1 aromatic heterocycles. The first-order valence-corrected chi connectivity index (χ1v) is 9.35. The summed E-state index contributed by atoms with van der Waals surface area (Å²) in [6.07, 6.45) is 4.63. The van der Waals surface area contributed by atoms with Gasteiger partial charge >= 0.3 is 0 Å². The Balaban J connectivity index is 1.94. The van der Waals surface area contributed by atoms with Crippen LogP contribution in [-0.4, -0.2) is 16.7 Å². The highest BCUT2D eigenvalue weighted by molar-refractivity contribution is 7.17. The third-order valence-corrected chi connectivity index (χ3v) is 5.65. The van der Waals surface area contributed by atoms with Gasteiger partial charge in [-0.15, -0.1) is 11.3 Å². The van der Waals surface area contributed by atoms with Crippen molar-refractivity contribution in [2.75, 3.05) is 5.32 Å². The zero-order valence-corrected chi connectivity index (χ0v) is 15.5. The standard InChI is InChI=1S/C19H16N4O4S/c20-10-12(9-11-5-1-3-7-14(11)23(26)27)18(25)22-19-16(17(21)24)13-6-2-4-8-15(13)28-19/h1,3,5,7,9H,2,4,6,8H2,(H2,21,24)(H,22,25)/b12-9+. The van der Waals surface area contributed by atoms with Crippen LogP contribution in [0.15, 0.2) is 29.8 Å². The van der Waals surface area contributed by atoms with Gasteiger partial charge in [0.15, 0.2) is 0 Å². The van der Waals surface area contributed by atoms with Gasteiger partial charge in [0.25, 0.3) is 17.5 Å². The topological polar surface area (TPSA) is 139 Å². The summed E-state index contributed by atoms with van der Waals surface area (Å²) in [6.45, 7) is 0. The van der Waals surface area contributed by atoms with E-state index in [-0.39, 0.29) is 22.4 Å². The zero-order chi connectivity index (χ0) is 20.3. The number of thiophene rings is 1.